The van der Waals surface area contributed by atoms with Gasteiger partial charge in [0.05, 0.1) is 11.1 Å². The van der Waals surface area contributed by atoms with Crippen molar-refractivity contribution in [2.75, 3.05) is 0 Å². The second-order valence-electron chi connectivity index (χ2n) is 4.62. The summed E-state index contributed by atoms with van der Waals surface area (Å²) in [5.74, 6) is -3.52. The van der Waals surface area contributed by atoms with Gasteiger partial charge in [-0.1, -0.05) is 12.1 Å². The number of imide groups is 1. The van der Waals surface area contributed by atoms with Crippen molar-refractivity contribution in [1.29, 1.82) is 0 Å². The molecule has 0 saturated carbocycles. The summed E-state index contributed by atoms with van der Waals surface area (Å²) in [5, 5.41) is 9.29. The molecular formula is C14H13NO6. The zero-order valence-electron chi connectivity index (χ0n) is 11.4. The molecule has 0 saturated heterocycles. The predicted octanol–water partition coefficient (Wildman–Crippen LogP) is 0.687. The fourth-order valence-electron chi connectivity index (χ4n) is 2.31. The topological polar surface area (TPSA) is 101 Å². The minimum Gasteiger partial charge on any atom is -0.480 e. The summed E-state index contributed by atoms with van der Waals surface area (Å²) in [6.45, 7) is 2.45. The van der Waals surface area contributed by atoms with Crippen LogP contribution in [-0.4, -0.2) is 45.9 Å². The Morgan fingerprint density at radius 2 is 1.62 bits per heavy atom. The zero-order chi connectivity index (χ0) is 15.7. The van der Waals surface area contributed by atoms with E-state index in [9.17, 15) is 24.3 Å². The number of hydrogen-bond acceptors (Lipinski definition) is 5. The number of carboxylic acid groups (broad SMARTS) is 1. The molecule has 21 heavy (non-hydrogen) atoms. The fraction of sp³-hybridized carbons (Fsp3) is 0.286. The number of fused-ring (bicyclic) bond motifs is 1. The highest BCUT2D eigenvalue weighted by atomic mass is 16.5. The number of aliphatic carboxylic acids is 1. The van der Waals surface area contributed by atoms with Crippen LogP contribution < -0.4 is 0 Å². The maximum Gasteiger partial charge on any atom is 0.330 e. The van der Waals surface area contributed by atoms with Crippen molar-refractivity contribution < 1.29 is 29.0 Å². The number of carbonyl (C=O) groups excluding carboxylic acids is 3. The maximum atomic E-state index is 12.2. The fourth-order valence-corrected chi connectivity index (χ4v) is 2.31. The molecule has 1 aromatic carbocycles. The van der Waals surface area contributed by atoms with E-state index in [2.05, 4.69) is 0 Å². The van der Waals surface area contributed by atoms with E-state index < -0.39 is 35.9 Å². The Bertz CT molecular complexity index is 603. The van der Waals surface area contributed by atoms with Crippen LogP contribution >= 0.6 is 0 Å². The standard InChI is InChI=1S/C14H13NO6/c1-7(21-8(2)16)11(14(19)20)15-12(17)9-5-3-4-6-10(9)13(15)18/h3-7,11H,1-2H3,(H,19,20). The van der Waals surface area contributed by atoms with Crippen LogP contribution in [0.4, 0.5) is 0 Å². The molecule has 0 bridgehead atoms. The Balaban J connectivity index is 2.40. The summed E-state index contributed by atoms with van der Waals surface area (Å²) >= 11 is 0. The second-order valence-corrected chi connectivity index (χ2v) is 4.62. The Kier molecular flexibility index (Phi) is 3.75. The molecule has 2 unspecified atom stereocenters. The van der Waals surface area contributed by atoms with Gasteiger partial charge in [0.25, 0.3) is 11.8 Å². The van der Waals surface area contributed by atoms with Gasteiger partial charge in [0.1, 0.15) is 6.10 Å². The predicted molar refractivity (Wildman–Crippen MR) is 69.6 cm³/mol. The van der Waals surface area contributed by atoms with Gasteiger partial charge in [-0.2, -0.15) is 0 Å². The Morgan fingerprint density at radius 1 is 1.14 bits per heavy atom. The van der Waals surface area contributed by atoms with Crippen LogP contribution in [0.1, 0.15) is 34.6 Å². The minimum absolute atomic E-state index is 0.142. The molecule has 1 N–H and O–H groups in total. The van der Waals surface area contributed by atoms with Gasteiger partial charge in [0, 0.05) is 6.92 Å². The van der Waals surface area contributed by atoms with E-state index in [0.29, 0.717) is 4.90 Å². The van der Waals surface area contributed by atoms with Crippen LogP contribution in [0.5, 0.6) is 0 Å². The summed E-state index contributed by atoms with van der Waals surface area (Å²) in [6.07, 6.45) is -1.15. The third-order valence-corrected chi connectivity index (χ3v) is 3.15. The normalized spacial score (nSPS) is 16.4. The van der Waals surface area contributed by atoms with E-state index in [1.165, 1.54) is 19.1 Å². The molecule has 0 aliphatic carbocycles. The SMILES string of the molecule is CC(=O)OC(C)C(C(=O)O)N1C(=O)c2ccccc2C1=O. The Hall–Kier alpha value is -2.70. The molecule has 2 atom stereocenters. The number of carbonyl (C=O) groups is 4. The van der Waals surface area contributed by atoms with Crippen LogP contribution in [0.25, 0.3) is 0 Å². The Labute approximate surface area is 120 Å². The molecule has 1 aromatic rings. The zero-order valence-corrected chi connectivity index (χ0v) is 11.4. The van der Waals surface area contributed by atoms with Gasteiger partial charge >= 0.3 is 11.9 Å². The molecular weight excluding hydrogens is 278 g/mol. The lowest BCUT2D eigenvalue weighted by Gasteiger charge is -2.27. The second kappa shape index (κ2) is 5.35. The summed E-state index contributed by atoms with van der Waals surface area (Å²) in [7, 11) is 0. The van der Waals surface area contributed by atoms with Crippen LogP contribution in [-0.2, 0) is 14.3 Å². The molecule has 0 spiro atoms. The first-order valence-electron chi connectivity index (χ1n) is 6.21. The third-order valence-electron chi connectivity index (χ3n) is 3.15. The summed E-state index contributed by atoms with van der Waals surface area (Å²) in [4.78, 5) is 47.5. The molecule has 1 aliphatic rings. The van der Waals surface area contributed by atoms with Crippen LogP contribution in [0.15, 0.2) is 24.3 Å². The van der Waals surface area contributed by atoms with Crippen molar-refractivity contribution in [1.82, 2.24) is 4.90 Å². The molecule has 0 fully saturated rings. The van der Waals surface area contributed by atoms with E-state index in [0.717, 1.165) is 6.92 Å². The van der Waals surface area contributed by atoms with E-state index in [-0.39, 0.29) is 11.1 Å². The number of rotatable bonds is 4. The van der Waals surface area contributed by atoms with Crippen molar-refractivity contribution in [2.45, 2.75) is 26.0 Å². The molecule has 2 rings (SSSR count). The van der Waals surface area contributed by atoms with Gasteiger partial charge in [-0.3, -0.25) is 19.3 Å². The molecule has 7 heteroatoms. The van der Waals surface area contributed by atoms with Crippen molar-refractivity contribution in [3.8, 4) is 0 Å². The van der Waals surface area contributed by atoms with Crippen molar-refractivity contribution >= 4 is 23.8 Å². The first kappa shape index (κ1) is 14.7. The smallest absolute Gasteiger partial charge is 0.330 e. The van der Waals surface area contributed by atoms with E-state index in [1.807, 2.05) is 0 Å². The number of benzene rings is 1. The van der Waals surface area contributed by atoms with E-state index in [1.54, 1.807) is 12.1 Å². The van der Waals surface area contributed by atoms with Gasteiger partial charge < -0.3 is 9.84 Å². The number of hydrogen-bond donors (Lipinski definition) is 1. The Morgan fingerprint density at radius 3 is 2.00 bits per heavy atom. The number of carboxylic acids is 1. The molecule has 110 valence electrons. The highest BCUT2D eigenvalue weighted by molar-refractivity contribution is 6.22. The first-order chi connectivity index (χ1) is 9.84. The van der Waals surface area contributed by atoms with Crippen molar-refractivity contribution in [3.05, 3.63) is 35.4 Å². The van der Waals surface area contributed by atoms with Crippen LogP contribution in [0.3, 0.4) is 0 Å². The number of amides is 2. The number of ether oxygens (including phenoxy) is 1. The first-order valence-corrected chi connectivity index (χ1v) is 6.21. The summed E-state index contributed by atoms with van der Waals surface area (Å²) in [5.41, 5.74) is 0.285. The molecule has 2 amide bonds. The molecule has 1 heterocycles. The summed E-state index contributed by atoms with van der Waals surface area (Å²) < 4.78 is 4.82. The molecule has 7 nitrogen and oxygen atoms in total. The average molecular weight is 291 g/mol. The van der Waals surface area contributed by atoms with Gasteiger partial charge in [-0.25, -0.2) is 4.79 Å². The number of nitrogens with zero attached hydrogens (tertiary/aromatic N) is 1. The van der Waals surface area contributed by atoms with Gasteiger partial charge in [0.15, 0.2) is 6.04 Å². The number of esters is 1. The molecule has 0 aromatic heterocycles. The van der Waals surface area contributed by atoms with Crippen molar-refractivity contribution in [2.24, 2.45) is 0 Å². The molecule has 0 radical (unpaired) electrons. The molecule has 1 aliphatic heterocycles. The van der Waals surface area contributed by atoms with Gasteiger partial charge in [0.2, 0.25) is 0 Å². The van der Waals surface area contributed by atoms with E-state index >= 15 is 0 Å². The maximum absolute atomic E-state index is 12.2. The van der Waals surface area contributed by atoms with E-state index in [4.69, 9.17) is 4.74 Å². The monoisotopic (exact) mass is 291 g/mol. The van der Waals surface area contributed by atoms with Crippen LogP contribution in [0.2, 0.25) is 0 Å². The van der Waals surface area contributed by atoms with Crippen molar-refractivity contribution in [3.63, 3.8) is 0 Å². The van der Waals surface area contributed by atoms with Gasteiger partial charge in [-0.15, -0.1) is 0 Å². The quantitative estimate of drug-likeness (QED) is 0.647. The lowest BCUT2D eigenvalue weighted by atomic mass is 10.1. The summed E-state index contributed by atoms with van der Waals surface area (Å²) in [6, 6.07) is 4.49. The third kappa shape index (κ3) is 2.49. The minimum atomic E-state index is -1.57. The van der Waals surface area contributed by atoms with Gasteiger partial charge in [-0.05, 0) is 19.1 Å². The highest BCUT2D eigenvalue weighted by Crippen LogP contribution is 2.26. The van der Waals surface area contributed by atoms with Crippen LogP contribution in [0, 0.1) is 0 Å². The highest BCUT2D eigenvalue weighted by Gasteiger charge is 2.46. The largest absolute Gasteiger partial charge is 0.480 e. The lowest BCUT2D eigenvalue weighted by molar-refractivity contribution is -0.155. The lowest BCUT2D eigenvalue weighted by Crippen LogP contribution is -2.51. The average Bonchev–Trinajstić information content (AvgIpc) is 2.64.